The molecule has 1 amide bonds. The van der Waals surface area contributed by atoms with Crippen LogP contribution in [0.5, 0.6) is 0 Å². The summed E-state index contributed by atoms with van der Waals surface area (Å²) in [5, 5.41) is 0. The highest BCUT2D eigenvalue weighted by atomic mass is 16.6. The van der Waals surface area contributed by atoms with Crippen LogP contribution >= 0.6 is 0 Å². The highest BCUT2D eigenvalue weighted by molar-refractivity contribution is 5.71. The molecule has 1 heterocycles. The van der Waals surface area contributed by atoms with Gasteiger partial charge in [-0.05, 0) is 39.0 Å². The van der Waals surface area contributed by atoms with Crippen molar-refractivity contribution in [1.82, 2.24) is 9.80 Å². The summed E-state index contributed by atoms with van der Waals surface area (Å²) >= 11 is 0. The second-order valence-electron chi connectivity index (χ2n) is 7.66. The Morgan fingerprint density at radius 3 is 2.57 bits per heavy atom. The molecule has 1 aliphatic heterocycles. The molecule has 0 unspecified atom stereocenters. The fraction of sp³-hybridized carbons (Fsp3) is 0.526. The molecule has 1 aromatic carbocycles. The van der Waals surface area contributed by atoms with E-state index in [4.69, 9.17) is 4.74 Å². The molecular weight excluding hydrogens is 288 g/mol. The van der Waals surface area contributed by atoms with E-state index < -0.39 is 5.60 Å². The van der Waals surface area contributed by atoms with Crippen molar-refractivity contribution in [3.8, 4) is 0 Å². The lowest BCUT2D eigenvalue weighted by Gasteiger charge is -2.24. The smallest absolute Gasteiger partial charge is 0.414 e. The quantitative estimate of drug-likeness (QED) is 0.853. The maximum absolute atomic E-state index is 12.0. The Hall–Kier alpha value is -1.81. The van der Waals surface area contributed by atoms with Crippen molar-refractivity contribution in [2.24, 2.45) is 11.8 Å². The first-order valence-electron chi connectivity index (χ1n) is 8.27. The first kappa shape index (κ1) is 16.1. The summed E-state index contributed by atoms with van der Waals surface area (Å²) in [6.45, 7) is 8.48. The Bertz CT molecular complexity index is 604. The molecule has 0 spiro atoms. The van der Waals surface area contributed by atoms with E-state index in [2.05, 4.69) is 36.2 Å². The minimum absolute atomic E-state index is 0.228. The predicted molar refractivity (Wildman–Crippen MR) is 90.8 cm³/mol. The third-order valence-corrected chi connectivity index (χ3v) is 4.36. The second-order valence-corrected chi connectivity index (χ2v) is 7.66. The molecule has 0 N–H and O–H groups in total. The number of rotatable bonds is 4. The Morgan fingerprint density at radius 2 is 2.00 bits per heavy atom. The molecule has 2 aliphatic rings. The molecular formula is C19H26N2O2. The summed E-state index contributed by atoms with van der Waals surface area (Å²) in [6.07, 6.45) is 1.77. The number of ether oxygens (including phenoxy) is 1. The van der Waals surface area contributed by atoms with Gasteiger partial charge < -0.3 is 9.64 Å². The van der Waals surface area contributed by atoms with Crippen LogP contribution in [0.25, 0.3) is 0 Å². The summed E-state index contributed by atoms with van der Waals surface area (Å²) in [7, 11) is 2.16. The van der Waals surface area contributed by atoms with Gasteiger partial charge in [-0.2, -0.15) is 0 Å². The molecule has 2 atom stereocenters. The van der Waals surface area contributed by atoms with E-state index in [1.807, 2.05) is 33.0 Å². The zero-order valence-corrected chi connectivity index (χ0v) is 14.5. The number of nitrogens with zero attached hydrogens (tertiary/aromatic N) is 2. The van der Waals surface area contributed by atoms with E-state index >= 15 is 0 Å². The summed E-state index contributed by atoms with van der Waals surface area (Å²) in [5.74, 6) is 1.13. The Labute approximate surface area is 138 Å². The lowest BCUT2D eigenvalue weighted by atomic mass is 10.2. The van der Waals surface area contributed by atoms with Crippen LogP contribution in [-0.4, -0.2) is 41.6 Å². The summed E-state index contributed by atoms with van der Waals surface area (Å²) in [6, 6.07) is 10.5. The minimum atomic E-state index is -0.433. The molecule has 1 saturated carbocycles. The van der Waals surface area contributed by atoms with Crippen molar-refractivity contribution in [3.05, 3.63) is 47.7 Å². The maximum atomic E-state index is 12.0. The predicted octanol–water partition coefficient (Wildman–Crippen LogP) is 3.50. The van der Waals surface area contributed by atoms with Gasteiger partial charge in [-0.15, -0.1) is 0 Å². The first-order chi connectivity index (χ1) is 10.8. The lowest BCUT2D eigenvalue weighted by Crippen LogP contribution is -2.34. The number of carbonyl (C=O) groups excluding carboxylic acids is 1. The molecule has 1 aliphatic carbocycles. The van der Waals surface area contributed by atoms with Crippen LogP contribution in [-0.2, 0) is 11.3 Å². The fourth-order valence-electron chi connectivity index (χ4n) is 3.25. The van der Waals surface area contributed by atoms with E-state index in [1.54, 1.807) is 4.90 Å². The number of hydrogen-bond donors (Lipinski definition) is 0. The molecule has 4 heteroatoms. The average Bonchev–Trinajstić information content (AvgIpc) is 2.91. The molecule has 1 fully saturated rings. The van der Waals surface area contributed by atoms with Gasteiger partial charge in [0.25, 0.3) is 0 Å². The van der Waals surface area contributed by atoms with Gasteiger partial charge in [-0.1, -0.05) is 30.3 Å². The molecule has 1 aromatic rings. The molecule has 0 radical (unpaired) electrons. The highest BCUT2D eigenvalue weighted by Crippen LogP contribution is 2.50. The second kappa shape index (κ2) is 6.00. The van der Waals surface area contributed by atoms with Crippen LogP contribution in [0.3, 0.4) is 0 Å². The summed E-state index contributed by atoms with van der Waals surface area (Å²) in [5.41, 5.74) is 2.30. The zero-order chi connectivity index (χ0) is 16.6. The fourth-order valence-corrected chi connectivity index (χ4v) is 3.25. The topological polar surface area (TPSA) is 32.8 Å². The molecule has 3 rings (SSSR count). The number of fused-ring (bicyclic) bond motifs is 1. The standard InChI is InChI=1S/C19H26N2O2/c1-19(2,3)23-18(22)21-12-16-15(17(16)13-21)11-20(4)10-14-8-6-5-7-9-14/h5-9,12,15,17H,10-11,13H2,1-4H3/t15-,17+/m0/s1. The first-order valence-corrected chi connectivity index (χ1v) is 8.27. The van der Waals surface area contributed by atoms with Crippen molar-refractivity contribution in [2.75, 3.05) is 20.1 Å². The number of hydrogen-bond acceptors (Lipinski definition) is 3. The molecule has 0 saturated heterocycles. The van der Waals surface area contributed by atoms with Crippen molar-refractivity contribution in [3.63, 3.8) is 0 Å². The van der Waals surface area contributed by atoms with E-state index in [0.717, 1.165) is 19.6 Å². The molecule has 0 bridgehead atoms. The van der Waals surface area contributed by atoms with Crippen molar-refractivity contribution < 1.29 is 9.53 Å². The number of amides is 1. The van der Waals surface area contributed by atoms with Crippen LogP contribution in [0.2, 0.25) is 0 Å². The number of carbonyl (C=O) groups is 1. The summed E-state index contributed by atoms with van der Waals surface area (Å²) in [4.78, 5) is 16.1. The molecule has 4 nitrogen and oxygen atoms in total. The van der Waals surface area contributed by atoms with Crippen molar-refractivity contribution >= 4 is 6.09 Å². The molecule has 0 aromatic heterocycles. The van der Waals surface area contributed by atoms with Gasteiger partial charge in [-0.25, -0.2) is 4.79 Å². The van der Waals surface area contributed by atoms with Gasteiger partial charge in [0, 0.05) is 37.7 Å². The molecule has 124 valence electrons. The van der Waals surface area contributed by atoms with Crippen LogP contribution < -0.4 is 0 Å². The Morgan fingerprint density at radius 1 is 1.30 bits per heavy atom. The normalized spacial score (nSPS) is 22.8. The largest absolute Gasteiger partial charge is 0.443 e. The highest BCUT2D eigenvalue weighted by Gasteiger charge is 2.50. The van der Waals surface area contributed by atoms with Gasteiger partial charge in [0.15, 0.2) is 0 Å². The van der Waals surface area contributed by atoms with Gasteiger partial charge in [0.1, 0.15) is 5.60 Å². The average molecular weight is 314 g/mol. The SMILES string of the molecule is CN(Cc1ccccc1)C[C@H]1C2=CN(C(=O)OC(C)(C)C)C[C@@H]21. The van der Waals surface area contributed by atoms with E-state index in [-0.39, 0.29) is 6.09 Å². The van der Waals surface area contributed by atoms with Gasteiger partial charge in [0.05, 0.1) is 0 Å². The van der Waals surface area contributed by atoms with E-state index in [9.17, 15) is 4.79 Å². The van der Waals surface area contributed by atoms with Crippen LogP contribution in [0.4, 0.5) is 4.79 Å². The van der Waals surface area contributed by atoms with Gasteiger partial charge in [0.2, 0.25) is 0 Å². The van der Waals surface area contributed by atoms with Crippen LogP contribution in [0, 0.1) is 11.8 Å². The maximum Gasteiger partial charge on any atom is 0.414 e. The number of benzene rings is 1. The van der Waals surface area contributed by atoms with Crippen LogP contribution in [0.15, 0.2) is 42.1 Å². The Kier molecular flexibility index (Phi) is 4.19. The van der Waals surface area contributed by atoms with Crippen molar-refractivity contribution in [1.29, 1.82) is 0 Å². The van der Waals surface area contributed by atoms with Gasteiger partial charge >= 0.3 is 6.09 Å². The van der Waals surface area contributed by atoms with Crippen molar-refractivity contribution in [2.45, 2.75) is 32.9 Å². The van der Waals surface area contributed by atoms with E-state index in [0.29, 0.717) is 11.8 Å². The lowest BCUT2D eigenvalue weighted by molar-refractivity contribution is 0.0334. The molecule has 23 heavy (non-hydrogen) atoms. The third kappa shape index (κ3) is 3.94. The van der Waals surface area contributed by atoms with Crippen LogP contribution in [0.1, 0.15) is 26.3 Å². The third-order valence-electron chi connectivity index (χ3n) is 4.36. The minimum Gasteiger partial charge on any atom is -0.443 e. The summed E-state index contributed by atoms with van der Waals surface area (Å²) < 4.78 is 5.42. The Balaban J connectivity index is 1.49. The van der Waals surface area contributed by atoms with Gasteiger partial charge in [-0.3, -0.25) is 4.90 Å². The van der Waals surface area contributed by atoms with E-state index in [1.165, 1.54) is 11.1 Å². The zero-order valence-electron chi connectivity index (χ0n) is 14.5. The monoisotopic (exact) mass is 314 g/mol.